The van der Waals surface area contributed by atoms with Gasteiger partial charge in [-0.25, -0.2) is 0 Å². The van der Waals surface area contributed by atoms with E-state index in [0.717, 1.165) is 11.1 Å². The second kappa shape index (κ2) is 6.82. The Kier molecular flexibility index (Phi) is 4.85. The Labute approximate surface area is 119 Å². The zero-order valence-corrected chi connectivity index (χ0v) is 11.5. The molecule has 1 amide bonds. The van der Waals surface area contributed by atoms with Gasteiger partial charge in [-0.1, -0.05) is 43.3 Å². The number of benzene rings is 1. The van der Waals surface area contributed by atoms with E-state index in [9.17, 15) is 4.79 Å². The molecule has 4 nitrogen and oxygen atoms in total. The average molecular weight is 269 g/mol. The van der Waals surface area contributed by atoms with Crippen molar-refractivity contribution in [1.82, 2.24) is 10.3 Å². The lowest BCUT2D eigenvalue weighted by molar-refractivity contribution is -0.125. The van der Waals surface area contributed by atoms with Gasteiger partial charge in [0.1, 0.15) is 0 Å². The van der Waals surface area contributed by atoms with Crippen LogP contribution < -0.4 is 11.1 Å². The molecule has 2 aromatic rings. The number of hydrogen-bond acceptors (Lipinski definition) is 3. The first-order valence-corrected chi connectivity index (χ1v) is 6.65. The first-order chi connectivity index (χ1) is 9.68. The van der Waals surface area contributed by atoms with E-state index in [2.05, 4.69) is 10.3 Å². The Morgan fingerprint density at radius 1 is 1.25 bits per heavy atom. The van der Waals surface area contributed by atoms with Crippen LogP contribution >= 0.6 is 0 Å². The molecule has 0 spiro atoms. The van der Waals surface area contributed by atoms with Crippen LogP contribution in [0.1, 0.15) is 24.1 Å². The van der Waals surface area contributed by atoms with Crippen molar-refractivity contribution in [2.24, 2.45) is 11.7 Å². The number of pyridine rings is 1. The van der Waals surface area contributed by atoms with Gasteiger partial charge in [0.15, 0.2) is 0 Å². The van der Waals surface area contributed by atoms with Gasteiger partial charge in [0.25, 0.3) is 0 Å². The van der Waals surface area contributed by atoms with Crippen molar-refractivity contribution in [1.29, 1.82) is 0 Å². The summed E-state index contributed by atoms with van der Waals surface area (Å²) in [7, 11) is 0. The van der Waals surface area contributed by atoms with Gasteiger partial charge in [0.2, 0.25) is 5.91 Å². The minimum atomic E-state index is -0.301. The molecule has 1 aromatic heterocycles. The molecule has 4 heteroatoms. The lowest BCUT2D eigenvalue weighted by Crippen LogP contribution is -2.35. The van der Waals surface area contributed by atoms with E-state index < -0.39 is 0 Å². The molecular weight excluding hydrogens is 250 g/mol. The third-order valence-corrected chi connectivity index (χ3v) is 3.33. The van der Waals surface area contributed by atoms with E-state index in [0.29, 0.717) is 6.54 Å². The number of carbonyl (C=O) groups is 1. The Hall–Kier alpha value is -2.20. The largest absolute Gasteiger partial charge is 0.352 e. The van der Waals surface area contributed by atoms with Gasteiger partial charge >= 0.3 is 0 Å². The molecule has 1 aromatic carbocycles. The lowest BCUT2D eigenvalue weighted by Gasteiger charge is -2.19. The number of aromatic nitrogens is 1. The summed E-state index contributed by atoms with van der Waals surface area (Å²) in [5, 5.41) is 2.89. The van der Waals surface area contributed by atoms with E-state index in [-0.39, 0.29) is 17.9 Å². The second-order valence-electron chi connectivity index (χ2n) is 4.80. The quantitative estimate of drug-likeness (QED) is 0.872. The van der Waals surface area contributed by atoms with Crippen LogP contribution in [-0.2, 0) is 11.3 Å². The summed E-state index contributed by atoms with van der Waals surface area (Å²) in [6, 6.07) is 13.1. The standard InChI is InChI=1S/C16H19N3O/c1-12(15(17)14-7-3-2-4-8-14)16(20)19-11-13-6-5-9-18-10-13/h2-10,12,15H,11,17H2,1H3,(H,19,20). The van der Waals surface area contributed by atoms with Crippen molar-refractivity contribution in [3.8, 4) is 0 Å². The average Bonchev–Trinajstić information content (AvgIpc) is 2.53. The number of rotatable bonds is 5. The molecule has 0 aliphatic heterocycles. The summed E-state index contributed by atoms with van der Waals surface area (Å²) >= 11 is 0. The molecule has 104 valence electrons. The fourth-order valence-corrected chi connectivity index (χ4v) is 1.98. The highest BCUT2D eigenvalue weighted by atomic mass is 16.1. The van der Waals surface area contributed by atoms with Crippen LogP contribution in [0.15, 0.2) is 54.9 Å². The third kappa shape index (κ3) is 3.65. The van der Waals surface area contributed by atoms with Crippen LogP contribution in [0.2, 0.25) is 0 Å². The molecule has 1 heterocycles. The summed E-state index contributed by atoms with van der Waals surface area (Å²) in [6.45, 7) is 2.31. The molecule has 2 rings (SSSR count). The molecule has 0 aliphatic rings. The van der Waals surface area contributed by atoms with Gasteiger partial charge in [-0.3, -0.25) is 9.78 Å². The van der Waals surface area contributed by atoms with Gasteiger partial charge < -0.3 is 11.1 Å². The van der Waals surface area contributed by atoms with Crippen LogP contribution in [0.3, 0.4) is 0 Å². The van der Waals surface area contributed by atoms with E-state index in [1.54, 1.807) is 12.4 Å². The van der Waals surface area contributed by atoms with Crippen LogP contribution in [0, 0.1) is 5.92 Å². The number of nitrogens with one attached hydrogen (secondary N) is 1. The zero-order chi connectivity index (χ0) is 14.4. The minimum absolute atomic E-state index is 0.0507. The maximum absolute atomic E-state index is 12.1. The van der Waals surface area contributed by atoms with Gasteiger partial charge in [-0.05, 0) is 17.2 Å². The normalized spacial score (nSPS) is 13.5. The number of nitrogens with two attached hydrogens (primary N) is 1. The highest BCUT2D eigenvalue weighted by Gasteiger charge is 2.21. The van der Waals surface area contributed by atoms with Crippen molar-refractivity contribution >= 4 is 5.91 Å². The van der Waals surface area contributed by atoms with E-state index >= 15 is 0 Å². The Bertz CT molecular complexity index is 542. The summed E-state index contributed by atoms with van der Waals surface area (Å²) < 4.78 is 0. The molecular formula is C16H19N3O. The Balaban J connectivity index is 1.92. The van der Waals surface area contributed by atoms with Gasteiger partial charge in [-0.15, -0.1) is 0 Å². The lowest BCUT2D eigenvalue weighted by atomic mass is 9.94. The molecule has 20 heavy (non-hydrogen) atoms. The monoisotopic (exact) mass is 269 g/mol. The molecule has 0 aliphatic carbocycles. The van der Waals surface area contributed by atoms with E-state index in [1.807, 2.05) is 49.4 Å². The van der Waals surface area contributed by atoms with Crippen LogP contribution in [-0.4, -0.2) is 10.9 Å². The third-order valence-electron chi connectivity index (χ3n) is 3.33. The number of carbonyl (C=O) groups excluding carboxylic acids is 1. The molecule has 0 radical (unpaired) electrons. The summed E-state index contributed by atoms with van der Waals surface area (Å²) in [4.78, 5) is 16.1. The predicted octanol–water partition coefficient (Wildman–Crippen LogP) is 2.03. The second-order valence-corrected chi connectivity index (χ2v) is 4.80. The van der Waals surface area contributed by atoms with Crippen molar-refractivity contribution < 1.29 is 4.79 Å². The van der Waals surface area contributed by atoms with E-state index in [1.165, 1.54) is 0 Å². The molecule has 2 atom stereocenters. The summed E-state index contributed by atoms with van der Waals surface area (Å²) in [5.41, 5.74) is 8.08. The SMILES string of the molecule is CC(C(=O)NCc1cccnc1)C(N)c1ccccc1. The predicted molar refractivity (Wildman–Crippen MR) is 78.6 cm³/mol. The van der Waals surface area contributed by atoms with Crippen LogP contribution in [0.25, 0.3) is 0 Å². The van der Waals surface area contributed by atoms with Crippen molar-refractivity contribution in [3.63, 3.8) is 0 Å². The van der Waals surface area contributed by atoms with Crippen LogP contribution in [0.5, 0.6) is 0 Å². The van der Waals surface area contributed by atoms with E-state index in [4.69, 9.17) is 5.73 Å². The zero-order valence-electron chi connectivity index (χ0n) is 11.5. The van der Waals surface area contributed by atoms with Gasteiger partial charge in [0.05, 0.1) is 5.92 Å². The number of amides is 1. The highest BCUT2D eigenvalue weighted by Crippen LogP contribution is 2.19. The minimum Gasteiger partial charge on any atom is -0.352 e. The van der Waals surface area contributed by atoms with Crippen molar-refractivity contribution in [2.75, 3.05) is 0 Å². The number of nitrogens with zero attached hydrogens (tertiary/aromatic N) is 1. The molecule has 0 bridgehead atoms. The highest BCUT2D eigenvalue weighted by molar-refractivity contribution is 5.79. The smallest absolute Gasteiger partial charge is 0.225 e. The van der Waals surface area contributed by atoms with Crippen molar-refractivity contribution in [3.05, 3.63) is 66.0 Å². The first-order valence-electron chi connectivity index (χ1n) is 6.65. The molecule has 3 N–H and O–H groups in total. The summed E-state index contributed by atoms with van der Waals surface area (Å²) in [6.07, 6.45) is 3.45. The molecule has 0 saturated heterocycles. The van der Waals surface area contributed by atoms with Crippen molar-refractivity contribution in [2.45, 2.75) is 19.5 Å². The topological polar surface area (TPSA) is 68.0 Å². The Morgan fingerprint density at radius 2 is 2.00 bits per heavy atom. The first kappa shape index (κ1) is 14.2. The van der Waals surface area contributed by atoms with Crippen LogP contribution in [0.4, 0.5) is 0 Å². The van der Waals surface area contributed by atoms with Gasteiger partial charge in [0, 0.05) is 25.0 Å². The molecule has 0 saturated carbocycles. The fraction of sp³-hybridized carbons (Fsp3) is 0.250. The van der Waals surface area contributed by atoms with Gasteiger partial charge in [-0.2, -0.15) is 0 Å². The Morgan fingerprint density at radius 3 is 2.65 bits per heavy atom. The maximum Gasteiger partial charge on any atom is 0.225 e. The molecule has 2 unspecified atom stereocenters. The maximum atomic E-state index is 12.1. The summed E-state index contributed by atoms with van der Waals surface area (Å²) in [5.74, 6) is -0.334. The molecule has 0 fully saturated rings. The number of hydrogen-bond donors (Lipinski definition) is 2. The fourth-order valence-electron chi connectivity index (χ4n) is 1.98.